The van der Waals surface area contributed by atoms with Gasteiger partial charge >= 0.3 is 6.18 Å². The molecule has 4 heterocycles. The number of methoxy groups -OCH3 is 1. The lowest BCUT2D eigenvalue weighted by atomic mass is 10.0. The van der Waals surface area contributed by atoms with Gasteiger partial charge in [-0.1, -0.05) is 0 Å². The summed E-state index contributed by atoms with van der Waals surface area (Å²) in [4.78, 5) is 29.6. The maximum atomic E-state index is 13.2. The van der Waals surface area contributed by atoms with Gasteiger partial charge in [0.2, 0.25) is 0 Å². The largest absolute Gasteiger partial charge is 0.420 e. The summed E-state index contributed by atoms with van der Waals surface area (Å²) >= 11 is 0. The van der Waals surface area contributed by atoms with Crippen molar-refractivity contribution >= 4 is 28.3 Å². The van der Waals surface area contributed by atoms with Crippen molar-refractivity contribution in [2.45, 2.75) is 19.2 Å². The number of rotatable bonds is 6. The first-order chi connectivity index (χ1) is 16.7. The van der Waals surface area contributed by atoms with E-state index < -0.39 is 23.9 Å². The molecule has 8 nitrogen and oxygen atoms in total. The Hall–Kier alpha value is -4.12. The molecular formula is C24H21F3N6O2. The predicted molar refractivity (Wildman–Crippen MR) is 125 cm³/mol. The molecule has 0 aromatic carbocycles. The van der Waals surface area contributed by atoms with Crippen LogP contribution in [0.5, 0.6) is 0 Å². The van der Waals surface area contributed by atoms with Crippen LogP contribution >= 0.6 is 0 Å². The first-order valence-electron chi connectivity index (χ1n) is 10.5. The van der Waals surface area contributed by atoms with Crippen LogP contribution in [-0.4, -0.2) is 46.2 Å². The molecule has 4 rings (SSSR count). The maximum Gasteiger partial charge on any atom is 0.420 e. The number of nitrogens with one attached hydrogen (secondary N) is 2. The molecule has 0 saturated heterocycles. The summed E-state index contributed by atoms with van der Waals surface area (Å²) in [5.41, 5.74) is 2.96. The van der Waals surface area contributed by atoms with Gasteiger partial charge in [-0.05, 0) is 31.2 Å². The van der Waals surface area contributed by atoms with Crippen LogP contribution in [0.3, 0.4) is 0 Å². The van der Waals surface area contributed by atoms with E-state index in [1.807, 2.05) is 19.1 Å². The Kier molecular flexibility index (Phi) is 6.61. The minimum atomic E-state index is -4.66. The number of halogens is 3. The van der Waals surface area contributed by atoms with E-state index >= 15 is 0 Å². The molecule has 0 radical (unpaired) electrons. The molecule has 180 valence electrons. The second-order valence-electron chi connectivity index (χ2n) is 7.67. The van der Waals surface area contributed by atoms with Crippen LogP contribution in [0.25, 0.3) is 22.0 Å². The monoisotopic (exact) mass is 482 g/mol. The number of aryl methyl sites for hydroxylation is 1. The second-order valence-corrected chi connectivity index (χ2v) is 7.67. The smallest absolute Gasteiger partial charge is 0.373 e. The average Bonchev–Trinajstić information content (AvgIpc) is 2.84. The van der Waals surface area contributed by atoms with E-state index in [1.54, 1.807) is 25.5 Å². The number of amides is 1. The molecule has 0 bridgehead atoms. The molecule has 0 spiro atoms. The van der Waals surface area contributed by atoms with Gasteiger partial charge in [0.05, 0.1) is 23.1 Å². The van der Waals surface area contributed by atoms with Crippen LogP contribution < -0.4 is 10.6 Å². The number of aromatic nitrogens is 4. The number of carbonyl (C=O) groups excluding carboxylic acids is 1. The number of hydrogen-bond donors (Lipinski definition) is 2. The Morgan fingerprint density at radius 2 is 1.83 bits per heavy atom. The Balaban J connectivity index is 1.61. The molecule has 0 aliphatic carbocycles. The summed E-state index contributed by atoms with van der Waals surface area (Å²) in [6, 6.07) is 7.86. The van der Waals surface area contributed by atoms with Crippen molar-refractivity contribution in [1.82, 2.24) is 19.9 Å². The minimum absolute atomic E-state index is 0.00205. The van der Waals surface area contributed by atoms with Crippen molar-refractivity contribution in [2.24, 2.45) is 0 Å². The molecule has 1 amide bonds. The van der Waals surface area contributed by atoms with E-state index in [4.69, 9.17) is 0 Å². The summed E-state index contributed by atoms with van der Waals surface area (Å²) in [5, 5.41) is 6.47. The van der Waals surface area contributed by atoms with Crippen LogP contribution in [0.4, 0.5) is 24.7 Å². The van der Waals surface area contributed by atoms with Gasteiger partial charge in [-0.25, -0.2) is 4.98 Å². The lowest BCUT2D eigenvalue weighted by Crippen LogP contribution is -2.24. The van der Waals surface area contributed by atoms with Crippen molar-refractivity contribution in [3.05, 3.63) is 72.1 Å². The summed E-state index contributed by atoms with van der Waals surface area (Å²) in [6.45, 7) is 1.82. The molecule has 4 aromatic rings. The van der Waals surface area contributed by atoms with Gasteiger partial charge < -0.3 is 15.4 Å². The number of pyridine rings is 4. The third kappa shape index (κ3) is 5.19. The lowest BCUT2D eigenvalue weighted by Gasteiger charge is -2.18. The molecule has 0 aliphatic rings. The highest BCUT2D eigenvalue weighted by Gasteiger charge is 2.42. The van der Waals surface area contributed by atoms with Gasteiger partial charge in [0, 0.05) is 66.6 Å². The van der Waals surface area contributed by atoms with E-state index in [1.165, 1.54) is 12.3 Å². The van der Waals surface area contributed by atoms with Gasteiger partial charge in [-0.15, -0.1) is 0 Å². The van der Waals surface area contributed by atoms with E-state index in [-0.39, 0.29) is 5.56 Å². The molecule has 35 heavy (non-hydrogen) atoms. The minimum Gasteiger partial charge on any atom is -0.373 e. The Labute approximate surface area is 198 Å². The molecule has 11 heteroatoms. The summed E-state index contributed by atoms with van der Waals surface area (Å²) in [7, 11) is 2.71. The van der Waals surface area contributed by atoms with E-state index in [0.29, 0.717) is 17.2 Å². The lowest BCUT2D eigenvalue weighted by molar-refractivity contribution is -0.217. The van der Waals surface area contributed by atoms with Crippen LogP contribution in [0.15, 0.2) is 55.1 Å². The Morgan fingerprint density at radius 3 is 2.54 bits per heavy atom. The predicted octanol–water partition coefficient (Wildman–Crippen LogP) is 4.94. The average molecular weight is 482 g/mol. The standard InChI is InChI=1S/C24H21F3N6O2/c1-13-18(15-6-16-11-32-21(28-2)9-19(16)31-10-15)8-17(12-30-13)33-23(34)14-4-5-29-20(7-14)22(35-3)24(25,26)27/h4-12,22H,1-3H3,(H,28,32)(H,33,34). The zero-order valence-corrected chi connectivity index (χ0v) is 19.0. The highest BCUT2D eigenvalue weighted by molar-refractivity contribution is 6.04. The third-order valence-corrected chi connectivity index (χ3v) is 5.32. The number of hydrogen-bond acceptors (Lipinski definition) is 7. The molecule has 1 atom stereocenters. The van der Waals surface area contributed by atoms with Gasteiger partial charge in [0.1, 0.15) is 5.82 Å². The first kappa shape index (κ1) is 24.0. The number of anilines is 2. The fourth-order valence-corrected chi connectivity index (χ4v) is 3.56. The summed E-state index contributed by atoms with van der Waals surface area (Å²) in [5.74, 6) is 0.0920. The van der Waals surface area contributed by atoms with Crippen LogP contribution in [0.2, 0.25) is 0 Å². The second kappa shape index (κ2) is 9.63. The molecule has 4 aromatic heterocycles. The molecule has 0 aliphatic heterocycles. The molecule has 0 fully saturated rings. The number of ether oxygens (including phenoxy) is 1. The fraction of sp³-hybridized carbons (Fsp3) is 0.208. The van der Waals surface area contributed by atoms with Crippen molar-refractivity contribution in [1.29, 1.82) is 0 Å². The zero-order chi connectivity index (χ0) is 25.2. The van der Waals surface area contributed by atoms with Gasteiger partial charge in [-0.3, -0.25) is 19.7 Å². The number of alkyl halides is 3. The highest BCUT2D eigenvalue weighted by atomic mass is 19.4. The number of nitrogens with zero attached hydrogens (tertiary/aromatic N) is 4. The van der Waals surface area contributed by atoms with Crippen LogP contribution in [0.1, 0.15) is 27.8 Å². The molecule has 2 N–H and O–H groups in total. The summed E-state index contributed by atoms with van der Waals surface area (Å²) in [6.07, 6.45) is -0.876. The highest BCUT2D eigenvalue weighted by Crippen LogP contribution is 2.34. The van der Waals surface area contributed by atoms with E-state index in [2.05, 4.69) is 35.3 Å². The van der Waals surface area contributed by atoms with Gasteiger partial charge in [0.15, 0.2) is 6.10 Å². The van der Waals surface area contributed by atoms with Crippen molar-refractivity contribution < 1.29 is 22.7 Å². The van der Waals surface area contributed by atoms with E-state index in [9.17, 15) is 18.0 Å². The Morgan fingerprint density at radius 1 is 1.03 bits per heavy atom. The number of fused-ring (bicyclic) bond motifs is 1. The zero-order valence-electron chi connectivity index (χ0n) is 19.0. The van der Waals surface area contributed by atoms with Crippen molar-refractivity contribution in [3.63, 3.8) is 0 Å². The van der Waals surface area contributed by atoms with Crippen LogP contribution in [-0.2, 0) is 4.74 Å². The van der Waals surface area contributed by atoms with E-state index in [0.717, 1.165) is 41.4 Å². The van der Waals surface area contributed by atoms with Gasteiger partial charge in [0.25, 0.3) is 5.91 Å². The van der Waals surface area contributed by atoms with Crippen molar-refractivity contribution in [3.8, 4) is 11.1 Å². The van der Waals surface area contributed by atoms with Gasteiger partial charge in [-0.2, -0.15) is 13.2 Å². The topological polar surface area (TPSA) is 102 Å². The third-order valence-electron chi connectivity index (χ3n) is 5.32. The van der Waals surface area contributed by atoms with Crippen molar-refractivity contribution in [2.75, 3.05) is 24.8 Å². The summed E-state index contributed by atoms with van der Waals surface area (Å²) < 4.78 is 44.1. The first-order valence-corrected chi connectivity index (χ1v) is 10.5. The molecular weight excluding hydrogens is 461 g/mol. The molecule has 0 saturated carbocycles. The maximum absolute atomic E-state index is 13.2. The fourth-order valence-electron chi connectivity index (χ4n) is 3.56. The Bertz CT molecular complexity index is 1390. The SMILES string of the molecule is CNc1cc2ncc(-c3cc(NC(=O)c4ccnc(C(OC)C(F)(F)F)c4)cnc3C)cc2cn1. The normalized spacial score (nSPS) is 12.4. The molecule has 1 unspecified atom stereocenters. The number of carbonyl (C=O) groups is 1. The van der Waals surface area contributed by atoms with Crippen LogP contribution in [0, 0.1) is 6.92 Å². The quantitative estimate of drug-likeness (QED) is 0.401.